The van der Waals surface area contributed by atoms with Crippen molar-refractivity contribution in [2.24, 2.45) is 0 Å². The molecule has 10 nitrogen and oxygen atoms in total. The summed E-state index contributed by atoms with van der Waals surface area (Å²) < 4.78 is 0. The number of amides is 1. The fourth-order valence-corrected chi connectivity index (χ4v) is 6.74. The summed E-state index contributed by atoms with van der Waals surface area (Å²) >= 11 is 5.61. The van der Waals surface area contributed by atoms with Crippen LogP contribution in [0.3, 0.4) is 0 Å². The maximum absolute atomic E-state index is 12.6. The average Bonchev–Trinajstić information content (AvgIpc) is 3.28. The summed E-state index contributed by atoms with van der Waals surface area (Å²) in [4.78, 5) is 32.0. The number of hydrogen-bond acceptors (Lipinski definition) is 9. The van der Waals surface area contributed by atoms with Gasteiger partial charge in [-0.1, -0.05) is 115 Å². The molecule has 5 N–H and O–H groups in total. The molecular weight excluding hydrogens is 793 g/mol. The van der Waals surface area contributed by atoms with Crippen LogP contribution in [0, 0.1) is 6.92 Å². The summed E-state index contributed by atoms with van der Waals surface area (Å²) in [5.74, 6) is 1.43. The number of anilines is 2. The van der Waals surface area contributed by atoms with E-state index in [1.165, 1.54) is 5.56 Å². The molecule has 0 radical (unpaired) electrons. The Morgan fingerprint density at radius 1 is 0.500 bits per heavy atom. The zero-order chi connectivity index (χ0) is 43.3. The van der Waals surface area contributed by atoms with Crippen LogP contribution in [0.4, 0.5) is 11.6 Å². The second-order valence-electron chi connectivity index (χ2n) is 14.6. The molecule has 2 aromatic heterocycles. The number of nitrogens with zero attached hydrogens (tertiary/aromatic N) is 4. The minimum Gasteiger partial charge on any atom is -0.508 e. The van der Waals surface area contributed by atoms with E-state index in [0.717, 1.165) is 44.8 Å². The number of hydrogen-bond donors (Lipinski definition) is 5. The second kappa shape index (κ2) is 20.5. The number of phenols is 3. The quantitative estimate of drug-likeness (QED) is 0.0752. The standard InChI is InChI=1S/C26H23N3OS.C25H21N3O3/c1-18-7-9-20(10-8-18)16-25(31)29-26-23(15-19-5-3-2-4-6-19)28-24(17-27-26)21-11-13-22(30)14-12-21;29-20-10-6-18(7-11-20)15-24(31)28-25-22(14-17-4-2-1-3-5-17)27-23(16-26-25)19-8-12-21(30)13-9-19/h2-14,17,30H,15-16H2,1H3,(H,27,29,31);1-13,16,29-30H,14-15H2,(H,26,28,31). The summed E-state index contributed by atoms with van der Waals surface area (Å²) in [6, 6.07) is 48.6. The van der Waals surface area contributed by atoms with Crippen LogP contribution in [-0.2, 0) is 30.5 Å². The van der Waals surface area contributed by atoms with E-state index in [0.29, 0.717) is 47.3 Å². The molecular formula is C51H44N6O4S. The van der Waals surface area contributed by atoms with Gasteiger partial charge in [0.05, 0.1) is 46.6 Å². The van der Waals surface area contributed by atoms with Crippen molar-refractivity contribution >= 4 is 34.7 Å². The molecule has 2 heterocycles. The van der Waals surface area contributed by atoms with Gasteiger partial charge in [-0.25, -0.2) is 19.9 Å². The molecule has 0 aliphatic carbocycles. The van der Waals surface area contributed by atoms with Crippen molar-refractivity contribution in [3.63, 3.8) is 0 Å². The van der Waals surface area contributed by atoms with Gasteiger partial charge in [0, 0.05) is 30.4 Å². The summed E-state index contributed by atoms with van der Waals surface area (Å²) in [5.41, 5.74) is 9.96. The fourth-order valence-electron chi connectivity index (χ4n) is 6.47. The fraction of sp³-hybridized carbons (Fsp3) is 0.0980. The molecule has 1 amide bonds. The van der Waals surface area contributed by atoms with Crippen LogP contribution in [0.1, 0.15) is 39.2 Å². The van der Waals surface area contributed by atoms with Crippen LogP contribution in [-0.4, -0.2) is 46.2 Å². The zero-order valence-corrected chi connectivity index (χ0v) is 34.8. The van der Waals surface area contributed by atoms with Gasteiger partial charge in [-0.2, -0.15) is 0 Å². The van der Waals surface area contributed by atoms with Gasteiger partial charge in [0.1, 0.15) is 17.2 Å². The lowest BCUT2D eigenvalue weighted by Gasteiger charge is -2.13. The first-order chi connectivity index (χ1) is 30.1. The van der Waals surface area contributed by atoms with E-state index in [1.54, 1.807) is 73.1 Å². The highest BCUT2D eigenvalue weighted by Crippen LogP contribution is 2.26. The molecule has 0 aliphatic rings. The summed E-state index contributed by atoms with van der Waals surface area (Å²) in [7, 11) is 0. The van der Waals surface area contributed by atoms with Crippen molar-refractivity contribution in [2.75, 3.05) is 10.6 Å². The summed E-state index contributed by atoms with van der Waals surface area (Å²) in [6.07, 6.45) is 5.28. The van der Waals surface area contributed by atoms with Crippen LogP contribution >= 0.6 is 12.2 Å². The third-order valence-corrected chi connectivity index (χ3v) is 9.99. The predicted molar refractivity (Wildman–Crippen MR) is 248 cm³/mol. The minimum absolute atomic E-state index is 0.157. The van der Waals surface area contributed by atoms with Crippen molar-refractivity contribution in [2.45, 2.75) is 32.6 Å². The number of carbonyl (C=O) groups is 1. The van der Waals surface area contributed by atoms with E-state index < -0.39 is 0 Å². The zero-order valence-electron chi connectivity index (χ0n) is 33.9. The van der Waals surface area contributed by atoms with E-state index in [4.69, 9.17) is 22.2 Å². The largest absolute Gasteiger partial charge is 0.508 e. The van der Waals surface area contributed by atoms with Crippen molar-refractivity contribution in [3.8, 4) is 39.8 Å². The van der Waals surface area contributed by atoms with Crippen molar-refractivity contribution < 1.29 is 20.1 Å². The number of thiocarbonyl (C=S) groups is 1. The number of aromatic nitrogens is 4. The Labute approximate surface area is 365 Å². The van der Waals surface area contributed by atoms with E-state index in [1.807, 2.05) is 60.7 Å². The van der Waals surface area contributed by atoms with E-state index >= 15 is 0 Å². The minimum atomic E-state index is -0.216. The Kier molecular flexibility index (Phi) is 14.0. The highest BCUT2D eigenvalue weighted by atomic mass is 32.1. The number of phenolic OH excluding ortho intramolecular Hbond substituents is 3. The van der Waals surface area contributed by atoms with Gasteiger partial charge in [0.2, 0.25) is 5.91 Å². The smallest absolute Gasteiger partial charge is 0.229 e. The van der Waals surface area contributed by atoms with Crippen LogP contribution in [0.15, 0.2) is 170 Å². The lowest BCUT2D eigenvalue weighted by Crippen LogP contribution is -2.17. The topological polar surface area (TPSA) is 153 Å². The molecule has 0 saturated heterocycles. The molecule has 0 saturated carbocycles. The van der Waals surface area contributed by atoms with Crippen LogP contribution in [0.25, 0.3) is 22.5 Å². The van der Waals surface area contributed by atoms with Gasteiger partial charge in [0.25, 0.3) is 0 Å². The molecule has 8 rings (SSSR count). The Morgan fingerprint density at radius 2 is 0.903 bits per heavy atom. The maximum Gasteiger partial charge on any atom is 0.229 e. The number of rotatable bonds is 12. The van der Waals surface area contributed by atoms with E-state index in [-0.39, 0.29) is 29.6 Å². The molecule has 0 unspecified atom stereocenters. The maximum atomic E-state index is 12.6. The van der Waals surface area contributed by atoms with Crippen LogP contribution in [0.2, 0.25) is 0 Å². The van der Waals surface area contributed by atoms with Gasteiger partial charge in [-0.05, 0) is 89.8 Å². The third-order valence-electron chi connectivity index (χ3n) is 9.75. The summed E-state index contributed by atoms with van der Waals surface area (Å²) in [5, 5.41) is 34.7. The Balaban J connectivity index is 0.000000186. The number of nitrogens with one attached hydrogen (secondary N) is 2. The SMILES string of the molecule is Cc1ccc(CC(=S)Nc2ncc(-c3ccc(O)cc3)nc2Cc2ccccc2)cc1.O=C(Cc1ccc(O)cc1)Nc1ncc(-c2ccc(O)cc2)nc1Cc1ccccc1. The summed E-state index contributed by atoms with van der Waals surface area (Å²) in [6.45, 7) is 2.07. The van der Waals surface area contributed by atoms with E-state index in [2.05, 4.69) is 63.9 Å². The number of aromatic hydroxyl groups is 3. The monoisotopic (exact) mass is 836 g/mol. The molecule has 0 fully saturated rings. The molecule has 62 heavy (non-hydrogen) atoms. The van der Waals surface area contributed by atoms with Crippen LogP contribution < -0.4 is 10.6 Å². The molecule has 0 aliphatic heterocycles. The number of aryl methyl sites for hydroxylation is 1. The highest BCUT2D eigenvalue weighted by Gasteiger charge is 2.15. The van der Waals surface area contributed by atoms with Gasteiger partial charge < -0.3 is 26.0 Å². The molecule has 0 bridgehead atoms. The van der Waals surface area contributed by atoms with Crippen molar-refractivity contribution in [3.05, 3.63) is 209 Å². The normalized spacial score (nSPS) is 10.6. The second-order valence-corrected chi connectivity index (χ2v) is 15.1. The molecule has 0 atom stereocenters. The van der Waals surface area contributed by atoms with Gasteiger partial charge in [-0.15, -0.1) is 0 Å². The van der Waals surface area contributed by atoms with Crippen molar-refractivity contribution in [1.82, 2.24) is 19.9 Å². The number of benzene rings is 6. The van der Waals surface area contributed by atoms with Gasteiger partial charge in [-0.3, -0.25) is 4.79 Å². The molecule has 8 aromatic rings. The van der Waals surface area contributed by atoms with E-state index in [9.17, 15) is 20.1 Å². The Bertz CT molecular complexity index is 2540. The van der Waals surface area contributed by atoms with Crippen molar-refractivity contribution in [1.29, 1.82) is 0 Å². The first-order valence-corrected chi connectivity index (χ1v) is 20.4. The number of carbonyl (C=O) groups excluding carboxylic acids is 1. The molecule has 6 aromatic carbocycles. The van der Waals surface area contributed by atoms with Gasteiger partial charge >= 0.3 is 0 Å². The molecule has 0 spiro atoms. The average molecular weight is 837 g/mol. The highest BCUT2D eigenvalue weighted by molar-refractivity contribution is 7.80. The van der Waals surface area contributed by atoms with Crippen LogP contribution in [0.5, 0.6) is 17.2 Å². The van der Waals surface area contributed by atoms with Gasteiger partial charge in [0.15, 0.2) is 11.6 Å². The Morgan fingerprint density at radius 3 is 1.37 bits per heavy atom. The third kappa shape index (κ3) is 12.2. The first kappa shape index (κ1) is 42.4. The lowest BCUT2D eigenvalue weighted by molar-refractivity contribution is -0.115. The first-order valence-electron chi connectivity index (χ1n) is 19.9. The Hall–Kier alpha value is -7.76. The molecule has 11 heteroatoms. The predicted octanol–water partition coefficient (Wildman–Crippen LogP) is 10.1. The lowest BCUT2D eigenvalue weighted by atomic mass is 10.1. The molecule has 308 valence electrons.